The molecule has 1 saturated heterocycles. The summed E-state index contributed by atoms with van der Waals surface area (Å²) in [5, 5.41) is 0. The molecule has 1 atom stereocenters. The second-order valence-corrected chi connectivity index (χ2v) is 9.01. The third-order valence-corrected chi connectivity index (χ3v) is 6.14. The van der Waals surface area contributed by atoms with Crippen LogP contribution in [-0.2, 0) is 4.74 Å². The van der Waals surface area contributed by atoms with Crippen LogP contribution in [-0.4, -0.2) is 66.4 Å². The molecular formula is C21H39F3N2O. The Balaban J connectivity index is 1.65. The van der Waals surface area contributed by atoms with E-state index >= 15 is 0 Å². The number of halogens is 3. The van der Waals surface area contributed by atoms with Crippen molar-refractivity contribution < 1.29 is 17.9 Å². The molecule has 1 aliphatic heterocycles. The van der Waals surface area contributed by atoms with Crippen LogP contribution in [0.2, 0.25) is 0 Å². The van der Waals surface area contributed by atoms with Crippen LogP contribution >= 0.6 is 0 Å². The summed E-state index contributed by atoms with van der Waals surface area (Å²) in [5.41, 5.74) is 0. The minimum Gasteiger partial charge on any atom is -0.376 e. The lowest BCUT2D eigenvalue weighted by molar-refractivity contribution is -0.202. The molecule has 3 nitrogen and oxygen atoms in total. The van der Waals surface area contributed by atoms with Crippen molar-refractivity contribution in [3.63, 3.8) is 0 Å². The normalized spacial score (nSPS) is 29.0. The monoisotopic (exact) mass is 392 g/mol. The van der Waals surface area contributed by atoms with Crippen molar-refractivity contribution in [2.45, 2.75) is 103 Å². The molecule has 0 amide bonds. The molecule has 2 aliphatic rings. The molecule has 0 aromatic rings. The molecule has 1 saturated carbocycles. The topological polar surface area (TPSA) is 15.7 Å². The lowest BCUT2D eigenvalue weighted by Crippen LogP contribution is -2.60. The first-order valence-electron chi connectivity index (χ1n) is 10.9. The largest absolute Gasteiger partial charge is 0.405 e. The fourth-order valence-corrected chi connectivity index (χ4v) is 4.68. The molecule has 0 N–H and O–H groups in total. The molecule has 0 spiro atoms. The van der Waals surface area contributed by atoms with E-state index in [0.717, 1.165) is 44.7 Å². The highest BCUT2D eigenvalue weighted by Gasteiger charge is 2.46. The first-order valence-corrected chi connectivity index (χ1v) is 10.9. The molecule has 0 radical (unpaired) electrons. The van der Waals surface area contributed by atoms with Gasteiger partial charge in [0.1, 0.15) is 6.04 Å². The number of rotatable bonds is 8. The maximum absolute atomic E-state index is 13.4. The first-order chi connectivity index (χ1) is 12.7. The fourth-order valence-electron chi connectivity index (χ4n) is 4.68. The molecule has 2 fully saturated rings. The summed E-state index contributed by atoms with van der Waals surface area (Å²) in [6, 6.07) is -1.38. The summed E-state index contributed by atoms with van der Waals surface area (Å²) >= 11 is 0. The Morgan fingerprint density at radius 3 is 2.19 bits per heavy atom. The van der Waals surface area contributed by atoms with Crippen LogP contribution in [0.3, 0.4) is 0 Å². The summed E-state index contributed by atoms with van der Waals surface area (Å²) in [4.78, 5) is 3.62. The van der Waals surface area contributed by atoms with Crippen molar-refractivity contribution in [3.8, 4) is 0 Å². The maximum atomic E-state index is 13.4. The summed E-state index contributed by atoms with van der Waals surface area (Å²) in [5.74, 6) is 0.776. The lowest BCUT2D eigenvalue weighted by atomic mass is 9.84. The number of ether oxygens (including phenoxy) is 1. The van der Waals surface area contributed by atoms with Gasteiger partial charge in [-0.2, -0.15) is 13.2 Å². The number of hydrogen-bond acceptors (Lipinski definition) is 3. The van der Waals surface area contributed by atoms with Gasteiger partial charge in [-0.1, -0.05) is 12.8 Å². The van der Waals surface area contributed by atoms with E-state index < -0.39 is 12.2 Å². The highest BCUT2D eigenvalue weighted by atomic mass is 19.4. The Labute approximate surface area is 163 Å². The van der Waals surface area contributed by atoms with Gasteiger partial charge >= 0.3 is 6.18 Å². The van der Waals surface area contributed by atoms with Gasteiger partial charge in [-0.05, 0) is 72.3 Å². The van der Waals surface area contributed by atoms with Gasteiger partial charge in [0.25, 0.3) is 0 Å². The summed E-state index contributed by atoms with van der Waals surface area (Å²) in [6.07, 6.45) is 4.74. The van der Waals surface area contributed by atoms with Gasteiger partial charge in [-0.3, -0.25) is 4.90 Å². The van der Waals surface area contributed by atoms with Gasteiger partial charge in [0.05, 0.1) is 12.2 Å². The van der Waals surface area contributed by atoms with Gasteiger partial charge in [-0.25, -0.2) is 0 Å². The minimum atomic E-state index is -4.14. The van der Waals surface area contributed by atoms with E-state index in [0.29, 0.717) is 18.8 Å². The SMILES string of the molecule is CC(C)OC1CCC(CCCCN2CCN(C(C)C)C(C(F)(F)F)C2)CC1. The average Bonchev–Trinajstić information content (AvgIpc) is 2.58. The van der Waals surface area contributed by atoms with Gasteiger partial charge < -0.3 is 9.64 Å². The number of piperazine rings is 1. The van der Waals surface area contributed by atoms with E-state index in [1.54, 1.807) is 4.90 Å². The zero-order valence-electron chi connectivity index (χ0n) is 17.6. The zero-order chi connectivity index (χ0) is 20.0. The molecule has 0 aromatic carbocycles. The van der Waals surface area contributed by atoms with E-state index in [-0.39, 0.29) is 12.6 Å². The van der Waals surface area contributed by atoms with Crippen LogP contribution < -0.4 is 0 Å². The molecule has 2 rings (SSSR count). The van der Waals surface area contributed by atoms with Gasteiger partial charge in [-0.15, -0.1) is 0 Å². The number of nitrogens with zero attached hydrogens (tertiary/aromatic N) is 2. The van der Waals surface area contributed by atoms with Crippen LogP contribution in [0.15, 0.2) is 0 Å². The molecular weight excluding hydrogens is 353 g/mol. The van der Waals surface area contributed by atoms with Crippen molar-refractivity contribution in [1.82, 2.24) is 9.80 Å². The molecule has 0 bridgehead atoms. The summed E-state index contributed by atoms with van der Waals surface area (Å²) in [7, 11) is 0. The Hall–Kier alpha value is -0.330. The van der Waals surface area contributed by atoms with E-state index in [2.05, 4.69) is 13.8 Å². The van der Waals surface area contributed by atoms with Crippen molar-refractivity contribution in [1.29, 1.82) is 0 Å². The van der Waals surface area contributed by atoms with Crippen molar-refractivity contribution in [2.75, 3.05) is 26.2 Å². The maximum Gasteiger partial charge on any atom is 0.405 e. The van der Waals surface area contributed by atoms with Crippen LogP contribution in [0.1, 0.15) is 72.6 Å². The molecule has 0 aromatic heterocycles. The third kappa shape index (κ3) is 7.54. The van der Waals surface area contributed by atoms with Crippen molar-refractivity contribution in [3.05, 3.63) is 0 Å². The van der Waals surface area contributed by atoms with Crippen LogP contribution in [0.25, 0.3) is 0 Å². The molecule has 1 unspecified atom stereocenters. The van der Waals surface area contributed by atoms with E-state index in [9.17, 15) is 13.2 Å². The minimum absolute atomic E-state index is 0.0615. The lowest BCUT2D eigenvalue weighted by Gasteiger charge is -2.44. The number of hydrogen-bond donors (Lipinski definition) is 0. The fraction of sp³-hybridized carbons (Fsp3) is 1.00. The quantitative estimate of drug-likeness (QED) is 0.535. The van der Waals surface area contributed by atoms with Crippen LogP contribution in [0, 0.1) is 5.92 Å². The Morgan fingerprint density at radius 1 is 0.963 bits per heavy atom. The number of alkyl halides is 3. The van der Waals surface area contributed by atoms with Crippen LogP contribution in [0.4, 0.5) is 13.2 Å². The average molecular weight is 393 g/mol. The van der Waals surface area contributed by atoms with Crippen molar-refractivity contribution in [2.24, 2.45) is 5.92 Å². The molecule has 1 heterocycles. The number of unbranched alkanes of at least 4 members (excludes halogenated alkanes) is 1. The first kappa shape index (κ1) is 23.0. The Kier molecular flexibility index (Phi) is 8.88. The standard InChI is InChI=1S/C21H39F3N2O/c1-16(2)26-14-13-25(15-20(26)21(22,23)24)12-6-5-7-18-8-10-19(11-9-18)27-17(3)4/h16-20H,5-15H2,1-4H3. The summed E-state index contributed by atoms with van der Waals surface area (Å²) < 4.78 is 46.1. The van der Waals surface area contributed by atoms with E-state index in [1.165, 1.54) is 19.3 Å². The molecule has 27 heavy (non-hydrogen) atoms. The van der Waals surface area contributed by atoms with E-state index in [1.807, 2.05) is 18.7 Å². The predicted octanol–water partition coefficient (Wildman–Crippen LogP) is 5.10. The second kappa shape index (κ2) is 10.4. The van der Waals surface area contributed by atoms with Gasteiger partial charge in [0, 0.05) is 25.7 Å². The third-order valence-electron chi connectivity index (χ3n) is 6.14. The van der Waals surface area contributed by atoms with Crippen LogP contribution in [0.5, 0.6) is 0 Å². The molecule has 160 valence electrons. The van der Waals surface area contributed by atoms with Gasteiger partial charge in [0.2, 0.25) is 0 Å². The molecule has 6 heteroatoms. The zero-order valence-corrected chi connectivity index (χ0v) is 17.6. The van der Waals surface area contributed by atoms with Crippen molar-refractivity contribution >= 4 is 0 Å². The van der Waals surface area contributed by atoms with Gasteiger partial charge in [0.15, 0.2) is 0 Å². The molecule has 1 aliphatic carbocycles. The smallest absolute Gasteiger partial charge is 0.376 e. The summed E-state index contributed by atoms with van der Waals surface area (Å²) in [6.45, 7) is 10.1. The second-order valence-electron chi connectivity index (χ2n) is 9.01. The Bertz CT molecular complexity index is 420. The predicted molar refractivity (Wildman–Crippen MR) is 104 cm³/mol. The highest BCUT2D eigenvalue weighted by Crippen LogP contribution is 2.31. The van der Waals surface area contributed by atoms with E-state index in [4.69, 9.17) is 4.74 Å². The highest BCUT2D eigenvalue weighted by molar-refractivity contribution is 4.88. The Morgan fingerprint density at radius 2 is 1.63 bits per heavy atom.